The van der Waals surface area contributed by atoms with Crippen LogP contribution in [0.2, 0.25) is 5.15 Å². The standard InChI is InChI=1S/C18H16ClFN6OS/c1-9-6-16(26-25-9)23-15-8-14(19)22-18(24-15)28-13-5-4-11(7-12(13)20)21-17(27)10-2-3-10/h4-8,10H,2-3H2,1H3,(H,21,27)(H2,22,23,24,25,26). The first-order chi connectivity index (χ1) is 13.5. The minimum atomic E-state index is -0.471. The second kappa shape index (κ2) is 7.76. The Morgan fingerprint density at radius 2 is 2.11 bits per heavy atom. The predicted octanol–water partition coefficient (Wildman–Crippen LogP) is 4.54. The van der Waals surface area contributed by atoms with Gasteiger partial charge in [-0.25, -0.2) is 14.4 Å². The predicted molar refractivity (Wildman–Crippen MR) is 106 cm³/mol. The monoisotopic (exact) mass is 418 g/mol. The van der Waals surface area contributed by atoms with Gasteiger partial charge in [-0.2, -0.15) is 5.10 Å². The Bertz CT molecular complexity index is 1040. The largest absolute Gasteiger partial charge is 0.326 e. The van der Waals surface area contributed by atoms with Crippen LogP contribution in [-0.2, 0) is 4.79 Å². The van der Waals surface area contributed by atoms with E-state index < -0.39 is 5.82 Å². The second-order valence-electron chi connectivity index (χ2n) is 6.42. The van der Waals surface area contributed by atoms with Crippen LogP contribution in [-0.4, -0.2) is 26.1 Å². The number of hydrogen-bond donors (Lipinski definition) is 3. The Morgan fingerprint density at radius 3 is 2.79 bits per heavy atom. The molecule has 10 heteroatoms. The van der Waals surface area contributed by atoms with Crippen LogP contribution in [0, 0.1) is 18.7 Å². The van der Waals surface area contributed by atoms with E-state index in [9.17, 15) is 9.18 Å². The van der Waals surface area contributed by atoms with Gasteiger partial charge in [-0.05, 0) is 49.7 Å². The summed E-state index contributed by atoms with van der Waals surface area (Å²) < 4.78 is 14.5. The van der Waals surface area contributed by atoms with E-state index in [1.807, 2.05) is 13.0 Å². The normalized spacial score (nSPS) is 13.4. The molecule has 1 fully saturated rings. The number of halogens is 2. The molecule has 1 aliphatic rings. The van der Waals surface area contributed by atoms with Gasteiger partial charge in [-0.15, -0.1) is 0 Å². The van der Waals surface area contributed by atoms with Gasteiger partial charge in [0.15, 0.2) is 5.16 Å². The molecule has 3 N–H and O–H groups in total. The van der Waals surface area contributed by atoms with Crippen LogP contribution < -0.4 is 10.6 Å². The number of carbonyl (C=O) groups excluding carboxylic acids is 1. The fourth-order valence-corrected chi connectivity index (χ4v) is 3.49. The molecule has 1 aromatic carbocycles. The molecule has 2 aromatic heterocycles. The first-order valence-corrected chi connectivity index (χ1v) is 9.77. The van der Waals surface area contributed by atoms with E-state index in [1.165, 1.54) is 6.07 Å². The highest BCUT2D eigenvalue weighted by molar-refractivity contribution is 7.99. The minimum Gasteiger partial charge on any atom is -0.326 e. The number of anilines is 3. The summed E-state index contributed by atoms with van der Waals surface area (Å²) >= 11 is 7.12. The van der Waals surface area contributed by atoms with E-state index in [1.54, 1.807) is 18.2 Å². The maximum absolute atomic E-state index is 14.5. The molecule has 0 spiro atoms. The molecule has 4 rings (SSSR count). The molecule has 0 unspecified atom stereocenters. The summed E-state index contributed by atoms with van der Waals surface area (Å²) in [4.78, 5) is 20.6. The molecule has 3 aromatic rings. The Hall–Kier alpha value is -2.65. The van der Waals surface area contributed by atoms with Crippen molar-refractivity contribution in [1.29, 1.82) is 0 Å². The molecule has 1 amide bonds. The van der Waals surface area contributed by atoms with Crippen molar-refractivity contribution in [2.24, 2.45) is 5.92 Å². The van der Waals surface area contributed by atoms with Gasteiger partial charge in [0.1, 0.15) is 22.6 Å². The van der Waals surface area contributed by atoms with E-state index in [0.29, 0.717) is 27.4 Å². The lowest BCUT2D eigenvalue weighted by Gasteiger charge is -2.08. The third-order valence-corrected chi connectivity index (χ3v) is 5.10. The number of hydrogen-bond acceptors (Lipinski definition) is 6. The minimum absolute atomic E-state index is 0.0570. The van der Waals surface area contributed by atoms with Crippen LogP contribution in [0.15, 0.2) is 40.4 Å². The molecular formula is C18H16ClFN6OS. The lowest BCUT2D eigenvalue weighted by Crippen LogP contribution is -2.13. The summed E-state index contributed by atoms with van der Waals surface area (Å²) in [6, 6.07) is 7.91. The van der Waals surface area contributed by atoms with Gasteiger partial charge in [0, 0.05) is 23.7 Å². The maximum Gasteiger partial charge on any atom is 0.227 e. The van der Waals surface area contributed by atoms with Gasteiger partial charge in [0.05, 0.1) is 10.6 Å². The Morgan fingerprint density at radius 1 is 1.29 bits per heavy atom. The summed E-state index contributed by atoms with van der Waals surface area (Å²) in [7, 11) is 0. The smallest absolute Gasteiger partial charge is 0.227 e. The zero-order chi connectivity index (χ0) is 19.7. The number of aromatic nitrogens is 4. The molecule has 1 aliphatic carbocycles. The summed E-state index contributed by atoms with van der Waals surface area (Å²) in [6.07, 6.45) is 1.78. The molecule has 7 nitrogen and oxygen atoms in total. The molecule has 144 valence electrons. The van der Waals surface area contributed by atoms with Crippen LogP contribution in [0.25, 0.3) is 0 Å². The zero-order valence-electron chi connectivity index (χ0n) is 14.8. The van der Waals surface area contributed by atoms with Gasteiger partial charge in [-0.3, -0.25) is 9.89 Å². The molecular weight excluding hydrogens is 403 g/mol. The number of amides is 1. The maximum atomic E-state index is 14.5. The highest BCUT2D eigenvalue weighted by Crippen LogP contribution is 2.33. The van der Waals surface area contributed by atoms with Crippen molar-refractivity contribution in [3.05, 3.63) is 47.0 Å². The number of aromatic amines is 1. The first kappa shape index (κ1) is 18.7. The van der Waals surface area contributed by atoms with Crippen molar-refractivity contribution in [2.45, 2.75) is 29.8 Å². The summed E-state index contributed by atoms with van der Waals surface area (Å²) in [6.45, 7) is 1.86. The molecule has 0 saturated heterocycles. The van der Waals surface area contributed by atoms with Crippen LogP contribution in [0.4, 0.5) is 21.7 Å². The molecule has 0 radical (unpaired) electrons. The Kier molecular flexibility index (Phi) is 5.19. The third-order valence-electron chi connectivity index (χ3n) is 3.99. The molecule has 2 heterocycles. The fourth-order valence-electron chi connectivity index (χ4n) is 2.48. The Labute approximate surface area is 169 Å². The van der Waals surface area contributed by atoms with E-state index in [-0.39, 0.29) is 17.0 Å². The van der Waals surface area contributed by atoms with Crippen molar-refractivity contribution in [3.63, 3.8) is 0 Å². The van der Waals surface area contributed by atoms with E-state index >= 15 is 0 Å². The first-order valence-electron chi connectivity index (χ1n) is 8.58. The second-order valence-corrected chi connectivity index (χ2v) is 7.81. The topological polar surface area (TPSA) is 95.6 Å². The summed E-state index contributed by atoms with van der Waals surface area (Å²) in [5.41, 5.74) is 1.26. The van der Waals surface area contributed by atoms with Crippen LogP contribution in [0.3, 0.4) is 0 Å². The summed E-state index contributed by atoms with van der Waals surface area (Å²) in [5.74, 6) is 0.634. The molecule has 1 saturated carbocycles. The van der Waals surface area contributed by atoms with Gasteiger partial charge in [0.25, 0.3) is 0 Å². The Balaban J connectivity index is 1.49. The average molecular weight is 419 g/mol. The SMILES string of the molecule is Cc1cc(Nc2cc(Cl)nc(Sc3ccc(NC(=O)C4CC4)cc3F)n2)[nH]n1. The summed E-state index contributed by atoms with van der Waals surface area (Å²) in [5, 5.41) is 13.1. The van der Waals surface area contributed by atoms with Crippen LogP contribution in [0.1, 0.15) is 18.5 Å². The molecule has 28 heavy (non-hydrogen) atoms. The number of rotatable bonds is 6. The van der Waals surface area contributed by atoms with E-state index in [2.05, 4.69) is 30.8 Å². The zero-order valence-corrected chi connectivity index (χ0v) is 16.4. The van der Waals surface area contributed by atoms with E-state index in [0.717, 1.165) is 30.3 Å². The van der Waals surface area contributed by atoms with Crippen LogP contribution in [0.5, 0.6) is 0 Å². The van der Waals surface area contributed by atoms with Gasteiger partial charge in [0.2, 0.25) is 5.91 Å². The van der Waals surface area contributed by atoms with Gasteiger partial charge < -0.3 is 10.6 Å². The lowest BCUT2D eigenvalue weighted by molar-refractivity contribution is -0.117. The molecule has 0 aliphatic heterocycles. The van der Waals surface area contributed by atoms with Gasteiger partial charge >= 0.3 is 0 Å². The fraction of sp³-hybridized carbons (Fsp3) is 0.222. The van der Waals surface area contributed by atoms with Crippen molar-refractivity contribution < 1.29 is 9.18 Å². The number of benzene rings is 1. The number of nitrogens with zero attached hydrogens (tertiary/aromatic N) is 3. The third kappa shape index (κ3) is 4.60. The van der Waals surface area contributed by atoms with Crippen molar-refractivity contribution >= 4 is 46.6 Å². The number of H-pyrrole nitrogens is 1. The van der Waals surface area contributed by atoms with Crippen LogP contribution >= 0.6 is 23.4 Å². The van der Waals surface area contributed by atoms with Gasteiger partial charge in [-0.1, -0.05) is 11.6 Å². The van der Waals surface area contributed by atoms with Crippen molar-refractivity contribution in [1.82, 2.24) is 20.2 Å². The number of carbonyl (C=O) groups is 1. The highest BCUT2D eigenvalue weighted by Gasteiger charge is 2.29. The molecule has 0 bridgehead atoms. The van der Waals surface area contributed by atoms with E-state index in [4.69, 9.17) is 11.6 Å². The quantitative estimate of drug-likeness (QED) is 0.401. The highest BCUT2D eigenvalue weighted by atomic mass is 35.5. The average Bonchev–Trinajstić information content (AvgIpc) is 3.40. The number of nitrogens with one attached hydrogen (secondary N) is 3. The van der Waals surface area contributed by atoms with Crippen molar-refractivity contribution in [2.75, 3.05) is 10.6 Å². The number of aryl methyl sites for hydroxylation is 1. The van der Waals surface area contributed by atoms with Crippen molar-refractivity contribution in [3.8, 4) is 0 Å². The molecule has 0 atom stereocenters. The lowest BCUT2D eigenvalue weighted by atomic mass is 10.3.